The van der Waals surface area contributed by atoms with Gasteiger partial charge in [0.1, 0.15) is 9.84 Å². The number of nitrogens with two attached hydrogens (primary N) is 1. The van der Waals surface area contributed by atoms with Crippen LogP contribution in [0.25, 0.3) is 0 Å². The van der Waals surface area contributed by atoms with Gasteiger partial charge in [0.05, 0.1) is 5.75 Å². The van der Waals surface area contributed by atoms with Gasteiger partial charge < -0.3 is 5.73 Å². The second-order valence-corrected chi connectivity index (χ2v) is 7.48. The lowest BCUT2D eigenvalue weighted by Gasteiger charge is -2.25. The summed E-state index contributed by atoms with van der Waals surface area (Å²) in [5.74, 6) is 0.104. The van der Waals surface area contributed by atoms with Gasteiger partial charge in [0, 0.05) is 16.3 Å². The molecule has 2 N–H and O–H groups in total. The fourth-order valence-corrected chi connectivity index (χ4v) is 2.58. The molecule has 0 saturated carbocycles. The van der Waals surface area contributed by atoms with E-state index in [1.807, 2.05) is 31.2 Å². The highest BCUT2D eigenvalue weighted by Crippen LogP contribution is 2.24. The topological polar surface area (TPSA) is 60.2 Å². The average Bonchev–Trinajstić information content (AvgIpc) is 2.14. The molecule has 1 atom stereocenters. The summed E-state index contributed by atoms with van der Waals surface area (Å²) in [7, 11) is -2.97. The molecule has 0 spiro atoms. The van der Waals surface area contributed by atoms with Crippen molar-refractivity contribution in [3.05, 3.63) is 34.3 Å². The fourth-order valence-electron chi connectivity index (χ4n) is 1.39. The summed E-state index contributed by atoms with van der Waals surface area (Å²) in [5, 5.41) is 0. The second-order valence-electron chi connectivity index (χ2n) is 4.31. The first-order valence-corrected chi connectivity index (χ1v) is 7.79. The second kappa shape index (κ2) is 4.85. The zero-order chi connectivity index (χ0) is 12.4. The summed E-state index contributed by atoms with van der Waals surface area (Å²) in [5.41, 5.74) is 6.45. The number of sulfone groups is 1. The number of hydrogen-bond donors (Lipinski definition) is 1. The number of rotatable bonds is 4. The molecule has 0 aliphatic carbocycles. The van der Waals surface area contributed by atoms with Crippen LogP contribution >= 0.6 is 15.9 Å². The maximum atomic E-state index is 11.1. The fraction of sp³-hybridized carbons (Fsp3) is 0.455. The van der Waals surface area contributed by atoms with Gasteiger partial charge in [0.15, 0.2) is 0 Å². The predicted molar refractivity (Wildman–Crippen MR) is 70.0 cm³/mol. The Balaban J connectivity index is 2.85. The molecular formula is C11H16BrNO2S. The Labute approximate surface area is 105 Å². The Hall–Kier alpha value is -0.390. The summed E-state index contributed by atoms with van der Waals surface area (Å²) < 4.78 is 23.2. The van der Waals surface area contributed by atoms with Crippen molar-refractivity contribution in [3.63, 3.8) is 0 Å². The normalized spacial score (nSPS) is 15.8. The van der Waals surface area contributed by atoms with Crippen LogP contribution in [-0.4, -0.2) is 20.4 Å². The van der Waals surface area contributed by atoms with E-state index in [2.05, 4.69) is 15.9 Å². The third-order valence-corrected chi connectivity index (χ3v) is 3.92. The lowest BCUT2D eigenvalue weighted by atomic mass is 9.91. The van der Waals surface area contributed by atoms with E-state index in [-0.39, 0.29) is 5.75 Å². The van der Waals surface area contributed by atoms with Crippen molar-refractivity contribution in [3.8, 4) is 0 Å². The molecule has 0 aromatic heterocycles. The van der Waals surface area contributed by atoms with Crippen molar-refractivity contribution in [1.29, 1.82) is 0 Å². The largest absolute Gasteiger partial charge is 0.322 e. The lowest BCUT2D eigenvalue weighted by Crippen LogP contribution is -2.35. The van der Waals surface area contributed by atoms with Gasteiger partial charge in [-0.2, -0.15) is 0 Å². The molecule has 1 unspecified atom stereocenters. The van der Waals surface area contributed by atoms with Gasteiger partial charge in [-0.3, -0.25) is 0 Å². The number of hydrogen-bond acceptors (Lipinski definition) is 3. The molecule has 1 aromatic carbocycles. The Bertz CT molecular complexity index is 469. The monoisotopic (exact) mass is 305 g/mol. The number of benzene rings is 1. The SMILES string of the molecule is CC(N)(CCS(C)(=O)=O)c1cccc(Br)c1. The first kappa shape index (κ1) is 13.7. The highest BCUT2D eigenvalue weighted by molar-refractivity contribution is 9.10. The Morgan fingerprint density at radius 3 is 2.56 bits per heavy atom. The van der Waals surface area contributed by atoms with Gasteiger partial charge in [0.2, 0.25) is 0 Å². The van der Waals surface area contributed by atoms with Crippen molar-refractivity contribution in [2.45, 2.75) is 18.9 Å². The maximum absolute atomic E-state index is 11.1. The van der Waals surface area contributed by atoms with Crippen LogP contribution in [0.1, 0.15) is 18.9 Å². The third-order valence-electron chi connectivity index (χ3n) is 2.48. The van der Waals surface area contributed by atoms with Crippen LogP contribution in [0.2, 0.25) is 0 Å². The standard InChI is InChI=1S/C11H16BrNO2S/c1-11(13,6-7-16(2,14)15)9-4-3-5-10(12)8-9/h3-5,8H,6-7,13H2,1-2H3. The van der Waals surface area contributed by atoms with Gasteiger partial charge in [-0.1, -0.05) is 28.1 Å². The summed E-state index contributed by atoms with van der Waals surface area (Å²) in [4.78, 5) is 0. The zero-order valence-corrected chi connectivity index (χ0v) is 11.8. The molecule has 0 amide bonds. The quantitative estimate of drug-likeness (QED) is 0.926. The van der Waals surface area contributed by atoms with Gasteiger partial charge in [-0.15, -0.1) is 0 Å². The maximum Gasteiger partial charge on any atom is 0.147 e. The summed E-state index contributed by atoms with van der Waals surface area (Å²) in [6.07, 6.45) is 1.65. The van der Waals surface area contributed by atoms with Crippen molar-refractivity contribution in [2.75, 3.05) is 12.0 Å². The third kappa shape index (κ3) is 4.23. The van der Waals surface area contributed by atoms with Crippen LogP contribution in [0, 0.1) is 0 Å². The van der Waals surface area contributed by atoms with E-state index >= 15 is 0 Å². The summed E-state index contributed by atoms with van der Waals surface area (Å²) >= 11 is 3.37. The van der Waals surface area contributed by atoms with E-state index in [0.29, 0.717) is 6.42 Å². The van der Waals surface area contributed by atoms with E-state index < -0.39 is 15.4 Å². The predicted octanol–water partition coefficient (Wildman–Crippen LogP) is 2.06. The van der Waals surface area contributed by atoms with Gasteiger partial charge in [-0.25, -0.2) is 8.42 Å². The van der Waals surface area contributed by atoms with Crippen LogP contribution < -0.4 is 5.73 Å². The van der Waals surface area contributed by atoms with Crippen LogP contribution in [0.15, 0.2) is 28.7 Å². The zero-order valence-electron chi connectivity index (χ0n) is 9.40. The Morgan fingerprint density at radius 2 is 2.06 bits per heavy atom. The van der Waals surface area contributed by atoms with Crippen molar-refractivity contribution < 1.29 is 8.42 Å². The molecule has 0 heterocycles. The Kier molecular flexibility index (Phi) is 4.15. The first-order valence-electron chi connectivity index (χ1n) is 4.93. The van der Waals surface area contributed by atoms with Crippen LogP contribution in [0.5, 0.6) is 0 Å². The van der Waals surface area contributed by atoms with Gasteiger partial charge >= 0.3 is 0 Å². The van der Waals surface area contributed by atoms with Crippen LogP contribution in [0.3, 0.4) is 0 Å². The minimum Gasteiger partial charge on any atom is -0.322 e. The molecule has 16 heavy (non-hydrogen) atoms. The van der Waals surface area contributed by atoms with Crippen LogP contribution in [-0.2, 0) is 15.4 Å². The van der Waals surface area contributed by atoms with Crippen molar-refractivity contribution in [1.82, 2.24) is 0 Å². The molecule has 0 aliphatic heterocycles. The van der Waals surface area contributed by atoms with E-state index in [1.165, 1.54) is 6.26 Å². The molecule has 90 valence electrons. The molecule has 1 rings (SSSR count). The molecule has 0 radical (unpaired) electrons. The van der Waals surface area contributed by atoms with E-state index in [0.717, 1.165) is 10.0 Å². The van der Waals surface area contributed by atoms with E-state index in [1.54, 1.807) is 0 Å². The molecule has 0 fully saturated rings. The molecule has 0 aliphatic rings. The van der Waals surface area contributed by atoms with E-state index in [4.69, 9.17) is 5.73 Å². The summed E-state index contributed by atoms with van der Waals surface area (Å²) in [6, 6.07) is 7.64. The summed E-state index contributed by atoms with van der Waals surface area (Å²) in [6.45, 7) is 1.85. The minimum atomic E-state index is -2.97. The average molecular weight is 306 g/mol. The molecule has 0 saturated heterocycles. The van der Waals surface area contributed by atoms with E-state index in [9.17, 15) is 8.42 Å². The molecule has 3 nitrogen and oxygen atoms in total. The first-order chi connectivity index (χ1) is 7.21. The lowest BCUT2D eigenvalue weighted by molar-refractivity contribution is 0.473. The molecule has 5 heteroatoms. The van der Waals surface area contributed by atoms with Crippen LogP contribution in [0.4, 0.5) is 0 Å². The highest BCUT2D eigenvalue weighted by Gasteiger charge is 2.22. The smallest absolute Gasteiger partial charge is 0.147 e. The minimum absolute atomic E-state index is 0.104. The van der Waals surface area contributed by atoms with Crippen molar-refractivity contribution >= 4 is 25.8 Å². The van der Waals surface area contributed by atoms with Gasteiger partial charge in [-0.05, 0) is 31.0 Å². The van der Waals surface area contributed by atoms with Crippen molar-refractivity contribution in [2.24, 2.45) is 5.73 Å². The highest BCUT2D eigenvalue weighted by atomic mass is 79.9. The molecule has 0 bridgehead atoms. The molecule has 1 aromatic rings. The molecular weight excluding hydrogens is 290 g/mol. The Morgan fingerprint density at radius 1 is 1.44 bits per heavy atom. The number of halogens is 1. The van der Waals surface area contributed by atoms with Gasteiger partial charge in [0.25, 0.3) is 0 Å².